The molecule has 61 valence electrons. The zero-order chi connectivity index (χ0) is 8.97. The fourth-order valence-corrected chi connectivity index (χ4v) is 0.993. The molecule has 1 rings (SSSR count). The highest BCUT2D eigenvalue weighted by molar-refractivity contribution is 5.77. The monoisotopic (exact) mass is 161 g/mol. The van der Waals surface area contributed by atoms with Crippen molar-refractivity contribution in [2.24, 2.45) is 0 Å². The molecule has 0 spiro atoms. The quantitative estimate of drug-likeness (QED) is 0.734. The van der Waals surface area contributed by atoms with Crippen LogP contribution in [0.3, 0.4) is 0 Å². The summed E-state index contributed by atoms with van der Waals surface area (Å²) in [5.74, 6) is -1.64. The molecule has 0 aliphatic heterocycles. The van der Waals surface area contributed by atoms with Crippen LogP contribution in [0, 0.1) is 6.08 Å². The van der Waals surface area contributed by atoms with E-state index in [0.717, 1.165) is 0 Å². The van der Waals surface area contributed by atoms with E-state index in [1.807, 2.05) is 6.07 Å². The molecule has 0 amide bonds. The van der Waals surface area contributed by atoms with Gasteiger partial charge in [-0.1, -0.05) is 36.9 Å². The van der Waals surface area contributed by atoms with Crippen LogP contribution in [0.15, 0.2) is 36.9 Å². The van der Waals surface area contributed by atoms with Gasteiger partial charge in [0.25, 0.3) is 0 Å². The fraction of sp³-hybridized carbons (Fsp3) is 0.100. The number of carboxylic acid groups (broad SMARTS) is 1. The van der Waals surface area contributed by atoms with Gasteiger partial charge in [-0.05, 0) is 11.6 Å². The number of aliphatic carboxylic acids is 1. The number of benzene rings is 1. The summed E-state index contributed by atoms with van der Waals surface area (Å²) < 4.78 is 0. The molecule has 1 N–H and O–H groups in total. The lowest BCUT2D eigenvalue weighted by Gasteiger charge is -2.05. The summed E-state index contributed by atoms with van der Waals surface area (Å²) in [6.45, 7) is 3.35. The smallest absolute Gasteiger partial charge is 0.315 e. The molecule has 1 atom stereocenters. The summed E-state index contributed by atoms with van der Waals surface area (Å²) in [6, 6.07) is 8.92. The van der Waals surface area contributed by atoms with Crippen LogP contribution in [-0.4, -0.2) is 11.1 Å². The average molecular weight is 161 g/mol. The van der Waals surface area contributed by atoms with Gasteiger partial charge in [-0.15, -0.1) is 0 Å². The predicted octanol–water partition coefficient (Wildman–Crippen LogP) is 1.84. The molecule has 0 bridgehead atoms. The van der Waals surface area contributed by atoms with Crippen LogP contribution < -0.4 is 0 Å². The summed E-state index contributed by atoms with van der Waals surface area (Å²) in [4.78, 5) is 10.6. The Balaban J connectivity index is 2.95. The normalized spacial score (nSPS) is 12.0. The first kappa shape index (κ1) is 8.53. The maximum Gasteiger partial charge on any atom is 0.315 e. The highest BCUT2D eigenvalue weighted by Gasteiger charge is 2.14. The third-order valence-electron chi connectivity index (χ3n) is 1.58. The lowest BCUT2D eigenvalue weighted by atomic mass is 10.00. The molecular formula is C10H9O2. The summed E-state index contributed by atoms with van der Waals surface area (Å²) >= 11 is 0. The molecule has 1 aromatic carbocycles. The van der Waals surface area contributed by atoms with Crippen LogP contribution in [0.1, 0.15) is 11.5 Å². The number of carbonyl (C=O) groups is 1. The van der Waals surface area contributed by atoms with Crippen LogP contribution >= 0.6 is 0 Å². The third kappa shape index (κ3) is 1.72. The molecule has 2 heteroatoms. The zero-order valence-electron chi connectivity index (χ0n) is 6.53. The van der Waals surface area contributed by atoms with E-state index < -0.39 is 11.9 Å². The molecule has 0 saturated carbocycles. The van der Waals surface area contributed by atoms with E-state index in [0.29, 0.717) is 5.56 Å². The fourth-order valence-electron chi connectivity index (χ4n) is 0.993. The van der Waals surface area contributed by atoms with Crippen molar-refractivity contribution in [2.45, 2.75) is 5.92 Å². The highest BCUT2D eigenvalue weighted by atomic mass is 16.4. The lowest BCUT2D eigenvalue weighted by molar-refractivity contribution is -0.137. The van der Waals surface area contributed by atoms with Crippen LogP contribution in [0.5, 0.6) is 0 Å². The summed E-state index contributed by atoms with van der Waals surface area (Å²) in [5.41, 5.74) is 0.708. The molecular weight excluding hydrogens is 152 g/mol. The van der Waals surface area contributed by atoms with Crippen molar-refractivity contribution in [3.63, 3.8) is 0 Å². The highest BCUT2D eigenvalue weighted by Crippen LogP contribution is 2.15. The van der Waals surface area contributed by atoms with Gasteiger partial charge in [0.1, 0.15) is 5.92 Å². The minimum Gasteiger partial charge on any atom is -0.481 e. The minimum absolute atomic E-state index is 0.708. The Kier molecular flexibility index (Phi) is 2.64. The van der Waals surface area contributed by atoms with Gasteiger partial charge < -0.3 is 5.11 Å². The maximum absolute atomic E-state index is 10.6. The molecule has 1 unspecified atom stereocenters. The van der Waals surface area contributed by atoms with E-state index in [1.165, 1.54) is 0 Å². The van der Waals surface area contributed by atoms with Crippen molar-refractivity contribution in [2.75, 3.05) is 0 Å². The van der Waals surface area contributed by atoms with Crippen molar-refractivity contribution in [1.29, 1.82) is 0 Å². The van der Waals surface area contributed by atoms with E-state index in [1.54, 1.807) is 24.3 Å². The Labute approximate surface area is 71.2 Å². The Hall–Kier alpha value is -1.57. The standard InChI is InChI=1S/C10H9O2/c1-2-9(10(11)12)8-6-4-3-5-7-8/h3-7,9H,1H2,(H,11,12). The van der Waals surface area contributed by atoms with Crippen molar-refractivity contribution in [3.05, 3.63) is 48.6 Å². The minimum atomic E-state index is -0.920. The Morgan fingerprint density at radius 2 is 2.00 bits per heavy atom. The van der Waals surface area contributed by atoms with Crippen LogP contribution in [0.4, 0.5) is 0 Å². The van der Waals surface area contributed by atoms with Gasteiger partial charge in [0, 0.05) is 0 Å². The number of rotatable bonds is 3. The molecule has 0 fully saturated rings. The van der Waals surface area contributed by atoms with Gasteiger partial charge in [0.05, 0.1) is 0 Å². The SMILES string of the molecule is C=[C]C(C(=O)O)c1ccccc1. The molecule has 0 aliphatic carbocycles. The van der Waals surface area contributed by atoms with Crippen molar-refractivity contribution in [1.82, 2.24) is 0 Å². The van der Waals surface area contributed by atoms with Crippen molar-refractivity contribution >= 4 is 5.97 Å². The van der Waals surface area contributed by atoms with Crippen LogP contribution in [-0.2, 0) is 4.79 Å². The van der Waals surface area contributed by atoms with Crippen molar-refractivity contribution in [3.8, 4) is 0 Å². The average Bonchev–Trinajstić information content (AvgIpc) is 2.07. The molecule has 0 heterocycles. The topological polar surface area (TPSA) is 37.3 Å². The molecule has 1 aromatic rings. The number of hydrogen-bond acceptors (Lipinski definition) is 1. The molecule has 2 nitrogen and oxygen atoms in total. The Morgan fingerprint density at radius 3 is 2.42 bits per heavy atom. The Bertz CT molecular complexity index is 277. The first-order valence-corrected chi connectivity index (χ1v) is 3.56. The third-order valence-corrected chi connectivity index (χ3v) is 1.58. The summed E-state index contributed by atoms with van der Waals surface area (Å²) in [6.07, 6.45) is 2.47. The molecule has 1 radical (unpaired) electrons. The van der Waals surface area contributed by atoms with E-state index in [-0.39, 0.29) is 0 Å². The largest absolute Gasteiger partial charge is 0.481 e. The predicted molar refractivity (Wildman–Crippen MR) is 45.7 cm³/mol. The summed E-state index contributed by atoms with van der Waals surface area (Å²) in [7, 11) is 0. The molecule has 0 aliphatic rings. The number of carboxylic acids is 1. The van der Waals surface area contributed by atoms with Gasteiger partial charge in [-0.3, -0.25) is 4.79 Å². The molecule has 0 saturated heterocycles. The second-order valence-corrected chi connectivity index (χ2v) is 2.39. The first-order chi connectivity index (χ1) is 5.75. The second-order valence-electron chi connectivity index (χ2n) is 2.39. The van der Waals surface area contributed by atoms with Gasteiger partial charge in [0.15, 0.2) is 0 Å². The zero-order valence-corrected chi connectivity index (χ0v) is 6.53. The van der Waals surface area contributed by atoms with Gasteiger partial charge in [-0.25, -0.2) is 0 Å². The van der Waals surface area contributed by atoms with E-state index in [2.05, 4.69) is 12.7 Å². The first-order valence-electron chi connectivity index (χ1n) is 3.56. The van der Waals surface area contributed by atoms with Gasteiger partial charge in [-0.2, -0.15) is 0 Å². The second kappa shape index (κ2) is 3.72. The Morgan fingerprint density at radius 1 is 1.42 bits per heavy atom. The van der Waals surface area contributed by atoms with Crippen LogP contribution in [0.25, 0.3) is 0 Å². The van der Waals surface area contributed by atoms with E-state index >= 15 is 0 Å². The van der Waals surface area contributed by atoms with Crippen molar-refractivity contribution < 1.29 is 9.90 Å². The van der Waals surface area contributed by atoms with Gasteiger partial charge >= 0.3 is 5.97 Å². The molecule has 0 aromatic heterocycles. The van der Waals surface area contributed by atoms with Gasteiger partial charge in [0.2, 0.25) is 0 Å². The van der Waals surface area contributed by atoms with E-state index in [9.17, 15) is 4.79 Å². The lowest BCUT2D eigenvalue weighted by Crippen LogP contribution is -2.08. The van der Waals surface area contributed by atoms with Crippen LogP contribution in [0.2, 0.25) is 0 Å². The summed E-state index contributed by atoms with van der Waals surface area (Å²) in [5, 5.41) is 8.72. The molecule has 12 heavy (non-hydrogen) atoms. The van der Waals surface area contributed by atoms with E-state index in [4.69, 9.17) is 5.11 Å². The maximum atomic E-state index is 10.6. The number of hydrogen-bond donors (Lipinski definition) is 1.